The van der Waals surface area contributed by atoms with Crippen LogP contribution in [0.4, 0.5) is 19.0 Å². The van der Waals surface area contributed by atoms with Gasteiger partial charge in [0.05, 0.1) is 12.1 Å². The lowest BCUT2D eigenvalue weighted by atomic mass is 10.3. The van der Waals surface area contributed by atoms with Crippen LogP contribution < -0.4 is 9.64 Å². The molecule has 0 N–H and O–H groups in total. The Labute approximate surface area is 146 Å². The van der Waals surface area contributed by atoms with Crippen LogP contribution in [0.3, 0.4) is 0 Å². The van der Waals surface area contributed by atoms with Gasteiger partial charge in [0.1, 0.15) is 17.4 Å². The van der Waals surface area contributed by atoms with E-state index >= 15 is 0 Å². The van der Waals surface area contributed by atoms with Crippen molar-refractivity contribution in [3.05, 3.63) is 48.4 Å². The van der Waals surface area contributed by atoms with Crippen LogP contribution in [0.25, 0.3) is 11.2 Å². The normalized spacial score (nSPS) is 17.7. The second kappa shape index (κ2) is 6.40. The fraction of sp³-hybridized carbons (Fsp3) is 0.294. The van der Waals surface area contributed by atoms with Gasteiger partial charge in [-0.25, -0.2) is 15.0 Å². The summed E-state index contributed by atoms with van der Waals surface area (Å²) in [6.45, 7) is 1.30. The third kappa shape index (κ3) is 3.37. The zero-order valence-electron chi connectivity index (χ0n) is 13.5. The van der Waals surface area contributed by atoms with Crippen molar-refractivity contribution < 1.29 is 17.9 Å². The van der Waals surface area contributed by atoms with E-state index in [4.69, 9.17) is 4.74 Å². The Morgan fingerprint density at radius 3 is 2.65 bits per heavy atom. The molecule has 1 atom stereocenters. The molecule has 134 valence electrons. The zero-order chi connectivity index (χ0) is 18.1. The highest BCUT2D eigenvalue weighted by Gasteiger charge is 2.31. The maximum absolute atomic E-state index is 12.6. The minimum absolute atomic E-state index is 0.168. The lowest BCUT2D eigenvalue weighted by molar-refractivity contribution is -0.137. The fourth-order valence-corrected chi connectivity index (χ4v) is 2.84. The van der Waals surface area contributed by atoms with E-state index in [0.717, 1.165) is 36.6 Å². The minimum atomic E-state index is -4.40. The standard InChI is InChI=1S/C17H14F3N5O/c18-17(19,20)11-1-4-15(23-9-11)26-12-5-8-25(10-12)14-3-2-13-16(24-14)22-7-6-21-13/h1-4,6-7,9,12H,5,8,10H2. The maximum atomic E-state index is 12.6. The van der Waals surface area contributed by atoms with Crippen LogP contribution in [0.5, 0.6) is 5.88 Å². The summed E-state index contributed by atoms with van der Waals surface area (Å²) in [5.74, 6) is 0.951. The van der Waals surface area contributed by atoms with E-state index in [-0.39, 0.29) is 12.0 Å². The van der Waals surface area contributed by atoms with Crippen molar-refractivity contribution in [2.45, 2.75) is 18.7 Å². The molecule has 1 aliphatic rings. The Hall–Kier alpha value is -2.97. The van der Waals surface area contributed by atoms with Crippen molar-refractivity contribution in [1.82, 2.24) is 19.9 Å². The average Bonchev–Trinajstić information content (AvgIpc) is 3.09. The molecular weight excluding hydrogens is 347 g/mol. The molecule has 0 bridgehead atoms. The molecule has 0 aliphatic carbocycles. The Kier molecular flexibility index (Phi) is 4.06. The molecule has 1 unspecified atom stereocenters. The van der Waals surface area contributed by atoms with Crippen LogP contribution in [0, 0.1) is 0 Å². The molecule has 3 aromatic rings. The first kappa shape index (κ1) is 16.5. The number of aromatic nitrogens is 4. The number of hydrogen-bond acceptors (Lipinski definition) is 6. The van der Waals surface area contributed by atoms with Crippen LogP contribution >= 0.6 is 0 Å². The number of halogens is 3. The van der Waals surface area contributed by atoms with Gasteiger partial charge in [0.2, 0.25) is 5.88 Å². The molecule has 4 rings (SSSR count). The summed E-state index contributed by atoms with van der Waals surface area (Å²) >= 11 is 0. The van der Waals surface area contributed by atoms with E-state index < -0.39 is 11.7 Å². The summed E-state index contributed by atoms with van der Waals surface area (Å²) in [4.78, 5) is 18.7. The van der Waals surface area contributed by atoms with E-state index in [1.54, 1.807) is 12.4 Å². The zero-order valence-corrected chi connectivity index (χ0v) is 13.5. The summed E-state index contributed by atoms with van der Waals surface area (Å²) in [6.07, 6.45) is 0.138. The first-order valence-electron chi connectivity index (χ1n) is 8.02. The molecule has 26 heavy (non-hydrogen) atoms. The van der Waals surface area contributed by atoms with Gasteiger partial charge in [-0.2, -0.15) is 13.2 Å². The molecule has 0 radical (unpaired) electrons. The lowest BCUT2D eigenvalue weighted by Gasteiger charge is -2.18. The fourth-order valence-electron chi connectivity index (χ4n) is 2.84. The van der Waals surface area contributed by atoms with Gasteiger partial charge in [-0.3, -0.25) is 4.98 Å². The SMILES string of the molecule is FC(F)(F)c1ccc(OC2CCN(c3ccc4nccnc4n3)C2)nc1. The summed E-state index contributed by atoms with van der Waals surface area (Å²) in [6, 6.07) is 5.94. The van der Waals surface area contributed by atoms with Crippen LogP contribution in [0.2, 0.25) is 0 Å². The molecule has 1 aliphatic heterocycles. The molecule has 0 spiro atoms. The number of pyridine rings is 2. The van der Waals surface area contributed by atoms with Crippen molar-refractivity contribution in [2.24, 2.45) is 0 Å². The highest BCUT2D eigenvalue weighted by Crippen LogP contribution is 2.29. The Balaban J connectivity index is 1.43. The predicted octanol–water partition coefficient (Wildman–Crippen LogP) is 3.10. The molecule has 1 saturated heterocycles. The van der Waals surface area contributed by atoms with Gasteiger partial charge in [0.15, 0.2) is 5.65 Å². The molecule has 0 saturated carbocycles. The van der Waals surface area contributed by atoms with Crippen molar-refractivity contribution in [3.8, 4) is 5.88 Å². The molecule has 0 amide bonds. The van der Waals surface area contributed by atoms with Crippen LogP contribution in [0.15, 0.2) is 42.9 Å². The Morgan fingerprint density at radius 1 is 1.04 bits per heavy atom. The molecular formula is C17H14F3N5O. The van der Waals surface area contributed by atoms with Crippen LogP contribution in [-0.4, -0.2) is 39.1 Å². The van der Waals surface area contributed by atoms with Gasteiger partial charge >= 0.3 is 6.18 Å². The summed E-state index contributed by atoms with van der Waals surface area (Å²) < 4.78 is 43.4. The van der Waals surface area contributed by atoms with E-state index in [1.165, 1.54) is 6.07 Å². The van der Waals surface area contributed by atoms with Crippen LogP contribution in [-0.2, 0) is 6.18 Å². The van der Waals surface area contributed by atoms with Crippen molar-refractivity contribution in [3.63, 3.8) is 0 Å². The van der Waals surface area contributed by atoms with E-state index in [2.05, 4.69) is 19.9 Å². The van der Waals surface area contributed by atoms with Gasteiger partial charge in [-0.1, -0.05) is 0 Å². The molecule has 1 fully saturated rings. The quantitative estimate of drug-likeness (QED) is 0.714. The van der Waals surface area contributed by atoms with Gasteiger partial charge in [-0.05, 0) is 18.2 Å². The average molecular weight is 361 g/mol. The first-order chi connectivity index (χ1) is 12.5. The number of nitrogens with zero attached hydrogens (tertiary/aromatic N) is 5. The Morgan fingerprint density at radius 2 is 1.88 bits per heavy atom. The summed E-state index contributed by atoms with van der Waals surface area (Å²) in [7, 11) is 0. The molecule has 9 heteroatoms. The predicted molar refractivity (Wildman–Crippen MR) is 87.8 cm³/mol. The highest BCUT2D eigenvalue weighted by molar-refractivity contribution is 5.71. The molecule has 6 nitrogen and oxygen atoms in total. The van der Waals surface area contributed by atoms with Gasteiger partial charge in [-0.15, -0.1) is 0 Å². The smallest absolute Gasteiger partial charge is 0.417 e. The first-order valence-corrected chi connectivity index (χ1v) is 8.02. The van der Waals surface area contributed by atoms with Crippen molar-refractivity contribution >= 4 is 17.0 Å². The number of fused-ring (bicyclic) bond motifs is 1. The largest absolute Gasteiger partial charge is 0.472 e. The number of anilines is 1. The number of hydrogen-bond donors (Lipinski definition) is 0. The van der Waals surface area contributed by atoms with Crippen molar-refractivity contribution in [1.29, 1.82) is 0 Å². The van der Waals surface area contributed by atoms with Gasteiger partial charge in [0.25, 0.3) is 0 Å². The Bertz CT molecular complexity index is 916. The highest BCUT2D eigenvalue weighted by atomic mass is 19.4. The van der Waals surface area contributed by atoms with E-state index in [0.29, 0.717) is 12.2 Å². The number of alkyl halides is 3. The second-order valence-electron chi connectivity index (χ2n) is 5.93. The summed E-state index contributed by atoms with van der Waals surface area (Å²) in [5, 5.41) is 0. The monoisotopic (exact) mass is 361 g/mol. The topological polar surface area (TPSA) is 64.0 Å². The molecule has 0 aromatic carbocycles. The molecule has 4 heterocycles. The number of rotatable bonds is 3. The number of ether oxygens (including phenoxy) is 1. The third-order valence-electron chi connectivity index (χ3n) is 4.14. The second-order valence-corrected chi connectivity index (χ2v) is 5.93. The van der Waals surface area contributed by atoms with E-state index in [9.17, 15) is 13.2 Å². The third-order valence-corrected chi connectivity index (χ3v) is 4.14. The van der Waals surface area contributed by atoms with Crippen molar-refractivity contribution in [2.75, 3.05) is 18.0 Å². The maximum Gasteiger partial charge on any atom is 0.417 e. The van der Waals surface area contributed by atoms with Gasteiger partial charge < -0.3 is 9.64 Å². The van der Waals surface area contributed by atoms with Crippen LogP contribution in [0.1, 0.15) is 12.0 Å². The minimum Gasteiger partial charge on any atom is -0.472 e. The summed E-state index contributed by atoms with van der Waals surface area (Å²) in [5.41, 5.74) is 0.496. The molecule has 3 aromatic heterocycles. The van der Waals surface area contributed by atoms with Gasteiger partial charge in [0, 0.05) is 37.6 Å². The van der Waals surface area contributed by atoms with E-state index in [1.807, 2.05) is 17.0 Å². The lowest BCUT2D eigenvalue weighted by Crippen LogP contribution is -2.25.